The average molecular weight is 288 g/mol. The maximum atomic E-state index is 10.4. The molecule has 2 atom stereocenters. The summed E-state index contributed by atoms with van der Waals surface area (Å²) >= 11 is 0. The van der Waals surface area contributed by atoms with E-state index in [1.807, 2.05) is 6.92 Å². The molecule has 2 unspecified atom stereocenters. The second-order valence-electron chi connectivity index (χ2n) is 4.84. The van der Waals surface area contributed by atoms with Crippen LogP contribution in [0, 0.1) is 4.91 Å². The molecular weight excluding hydrogens is 264 g/mol. The lowest BCUT2D eigenvalue weighted by molar-refractivity contribution is -0.140. The number of hydrogen-bond acceptors (Lipinski definition) is 5. The number of unbranched alkanes of at least 4 members (excludes halogenated alkanes) is 3. The van der Waals surface area contributed by atoms with Gasteiger partial charge in [-0.3, -0.25) is 4.79 Å². The molecule has 0 bridgehead atoms. The summed E-state index contributed by atoms with van der Waals surface area (Å²) in [5.41, 5.74) is 0. The standard InChI is InChI=1S/C8H17NO2.C5H7NO3/c1-3-4-5-6-7-8(2)11-9-10;7-4-2-1-3(6-4)5(8)9/h8H,3-7H2,1-2H3;3H,1-2H2,(H,6,7)(H,8,9). The molecule has 116 valence electrons. The van der Waals surface area contributed by atoms with E-state index < -0.39 is 12.0 Å². The Labute approximate surface area is 119 Å². The molecule has 0 saturated carbocycles. The number of carboxylic acid groups (broad SMARTS) is 1. The Kier molecular flexibility index (Phi) is 10.3. The highest BCUT2D eigenvalue weighted by Gasteiger charge is 2.26. The van der Waals surface area contributed by atoms with E-state index in [4.69, 9.17) is 5.11 Å². The fourth-order valence-electron chi connectivity index (χ4n) is 1.78. The summed E-state index contributed by atoms with van der Waals surface area (Å²) < 4.78 is 0. The highest BCUT2D eigenvalue weighted by molar-refractivity contribution is 5.87. The minimum Gasteiger partial charge on any atom is -0.480 e. The summed E-state index contributed by atoms with van der Waals surface area (Å²) in [5, 5.41) is 13.0. The molecule has 0 aromatic rings. The second kappa shape index (κ2) is 11.2. The Morgan fingerprint density at radius 2 is 2.20 bits per heavy atom. The molecular formula is C13H24N2O5. The van der Waals surface area contributed by atoms with E-state index in [2.05, 4.69) is 22.4 Å². The first kappa shape index (κ1) is 18.3. The summed E-state index contributed by atoms with van der Waals surface area (Å²) in [6, 6.07) is -0.641. The van der Waals surface area contributed by atoms with Crippen molar-refractivity contribution in [3.05, 3.63) is 4.91 Å². The Morgan fingerprint density at radius 3 is 2.60 bits per heavy atom. The van der Waals surface area contributed by atoms with Gasteiger partial charge in [0.2, 0.25) is 5.91 Å². The van der Waals surface area contributed by atoms with E-state index in [1.165, 1.54) is 19.3 Å². The molecule has 20 heavy (non-hydrogen) atoms. The normalized spacial score (nSPS) is 18.5. The predicted molar refractivity (Wildman–Crippen MR) is 73.9 cm³/mol. The quantitative estimate of drug-likeness (QED) is 0.405. The fourth-order valence-corrected chi connectivity index (χ4v) is 1.78. The third-order valence-electron chi connectivity index (χ3n) is 2.98. The minimum atomic E-state index is -0.944. The summed E-state index contributed by atoms with van der Waals surface area (Å²) in [5.74, 6) is -1.11. The van der Waals surface area contributed by atoms with Crippen LogP contribution in [0.5, 0.6) is 0 Å². The summed E-state index contributed by atoms with van der Waals surface area (Å²) in [6.07, 6.45) is 6.55. The number of nitrogens with one attached hydrogen (secondary N) is 1. The molecule has 0 radical (unpaired) electrons. The van der Waals surface area contributed by atoms with E-state index in [1.54, 1.807) is 0 Å². The van der Waals surface area contributed by atoms with Crippen LogP contribution in [0.2, 0.25) is 0 Å². The largest absolute Gasteiger partial charge is 0.480 e. The van der Waals surface area contributed by atoms with Crippen molar-refractivity contribution >= 4 is 11.9 Å². The number of rotatable bonds is 8. The molecule has 1 rings (SSSR count). The van der Waals surface area contributed by atoms with Gasteiger partial charge in [0.05, 0.1) is 0 Å². The Balaban J connectivity index is 0.000000367. The molecule has 1 amide bonds. The van der Waals surface area contributed by atoms with Gasteiger partial charge in [-0.25, -0.2) is 4.79 Å². The van der Waals surface area contributed by atoms with Crippen LogP contribution in [-0.4, -0.2) is 29.1 Å². The molecule has 0 aromatic carbocycles. The smallest absolute Gasteiger partial charge is 0.326 e. The minimum absolute atomic E-state index is 0.00986. The zero-order valence-electron chi connectivity index (χ0n) is 12.1. The van der Waals surface area contributed by atoms with Gasteiger partial charge in [-0.15, -0.1) is 4.91 Å². The Morgan fingerprint density at radius 1 is 1.50 bits per heavy atom. The van der Waals surface area contributed by atoms with E-state index in [0.717, 1.165) is 12.8 Å². The van der Waals surface area contributed by atoms with Gasteiger partial charge in [0, 0.05) is 6.42 Å². The molecule has 7 nitrogen and oxygen atoms in total. The second-order valence-corrected chi connectivity index (χ2v) is 4.84. The van der Waals surface area contributed by atoms with Gasteiger partial charge >= 0.3 is 5.97 Å². The van der Waals surface area contributed by atoms with Crippen molar-refractivity contribution in [3.63, 3.8) is 0 Å². The van der Waals surface area contributed by atoms with Gasteiger partial charge in [0.25, 0.3) is 0 Å². The predicted octanol–water partition coefficient (Wildman–Crippen LogP) is 2.39. The summed E-state index contributed by atoms with van der Waals surface area (Å²) in [7, 11) is 0. The van der Waals surface area contributed by atoms with Crippen molar-refractivity contribution in [2.45, 2.75) is 70.9 Å². The van der Waals surface area contributed by atoms with Gasteiger partial charge in [-0.2, -0.15) is 0 Å². The number of carbonyl (C=O) groups is 2. The molecule has 0 aromatic heterocycles. The molecule has 2 N–H and O–H groups in total. The topological polar surface area (TPSA) is 105 Å². The van der Waals surface area contributed by atoms with Gasteiger partial charge in [0.1, 0.15) is 12.1 Å². The number of carbonyl (C=O) groups excluding carboxylic acids is 1. The number of aliphatic carboxylic acids is 1. The van der Waals surface area contributed by atoms with Crippen molar-refractivity contribution in [3.8, 4) is 0 Å². The molecule has 1 heterocycles. The van der Waals surface area contributed by atoms with Crippen LogP contribution in [0.15, 0.2) is 5.34 Å². The van der Waals surface area contributed by atoms with Gasteiger partial charge < -0.3 is 15.3 Å². The van der Waals surface area contributed by atoms with Gasteiger partial charge in [-0.1, -0.05) is 26.2 Å². The van der Waals surface area contributed by atoms with Crippen LogP contribution >= 0.6 is 0 Å². The van der Waals surface area contributed by atoms with E-state index in [0.29, 0.717) is 12.8 Å². The number of carboxylic acids is 1. The first-order valence-electron chi connectivity index (χ1n) is 7.01. The van der Waals surface area contributed by atoms with Crippen LogP contribution in [0.25, 0.3) is 0 Å². The van der Waals surface area contributed by atoms with Gasteiger partial charge in [0.15, 0.2) is 5.34 Å². The van der Waals surface area contributed by atoms with E-state index in [-0.39, 0.29) is 12.0 Å². The van der Waals surface area contributed by atoms with E-state index >= 15 is 0 Å². The molecule has 1 saturated heterocycles. The van der Waals surface area contributed by atoms with Crippen LogP contribution in [0.3, 0.4) is 0 Å². The number of nitrogens with zero attached hydrogens (tertiary/aromatic N) is 1. The van der Waals surface area contributed by atoms with Crippen LogP contribution in [0.4, 0.5) is 0 Å². The average Bonchev–Trinajstić information content (AvgIpc) is 2.83. The van der Waals surface area contributed by atoms with Crippen LogP contribution in [-0.2, 0) is 14.4 Å². The number of amides is 1. The lowest BCUT2D eigenvalue weighted by Crippen LogP contribution is -2.32. The van der Waals surface area contributed by atoms with Crippen molar-refractivity contribution < 1.29 is 19.5 Å². The zero-order valence-corrected chi connectivity index (χ0v) is 12.1. The maximum absolute atomic E-state index is 10.4. The third kappa shape index (κ3) is 9.29. The lowest BCUT2D eigenvalue weighted by atomic mass is 10.1. The molecule has 1 aliphatic heterocycles. The SMILES string of the molecule is CCCCCCC(C)ON=O.O=C1CCC(C(=O)O)N1. The first-order valence-corrected chi connectivity index (χ1v) is 7.01. The van der Waals surface area contributed by atoms with Crippen molar-refractivity contribution in [2.24, 2.45) is 5.34 Å². The van der Waals surface area contributed by atoms with Crippen molar-refractivity contribution in [1.82, 2.24) is 5.32 Å². The third-order valence-corrected chi connectivity index (χ3v) is 2.98. The Hall–Kier alpha value is -1.66. The van der Waals surface area contributed by atoms with E-state index in [9.17, 15) is 14.5 Å². The lowest BCUT2D eigenvalue weighted by Gasteiger charge is -2.05. The summed E-state index contributed by atoms with van der Waals surface area (Å²) in [4.78, 5) is 34.6. The molecule has 7 heteroatoms. The zero-order chi connectivity index (χ0) is 15.4. The molecule has 0 aliphatic carbocycles. The maximum Gasteiger partial charge on any atom is 0.326 e. The Bertz CT molecular complexity index is 309. The highest BCUT2D eigenvalue weighted by Crippen LogP contribution is 2.07. The van der Waals surface area contributed by atoms with Crippen molar-refractivity contribution in [2.75, 3.05) is 0 Å². The monoisotopic (exact) mass is 288 g/mol. The molecule has 1 fully saturated rings. The fraction of sp³-hybridized carbons (Fsp3) is 0.846. The summed E-state index contributed by atoms with van der Waals surface area (Å²) in [6.45, 7) is 4.04. The van der Waals surface area contributed by atoms with Crippen molar-refractivity contribution in [1.29, 1.82) is 0 Å². The molecule has 0 spiro atoms. The first-order chi connectivity index (χ1) is 9.51. The molecule has 1 aliphatic rings. The van der Waals surface area contributed by atoms with Gasteiger partial charge in [-0.05, 0) is 26.2 Å². The highest BCUT2D eigenvalue weighted by atomic mass is 16.7. The van der Waals surface area contributed by atoms with Crippen LogP contribution < -0.4 is 5.32 Å². The number of hydrogen-bond donors (Lipinski definition) is 2. The van der Waals surface area contributed by atoms with Crippen LogP contribution in [0.1, 0.15) is 58.8 Å².